The summed E-state index contributed by atoms with van der Waals surface area (Å²) in [6.45, 7) is 17.1. The van der Waals surface area contributed by atoms with Crippen molar-refractivity contribution in [2.75, 3.05) is 0 Å². The highest BCUT2D eigenvalue weighted by Gasteiger charge is 2.09. The van der Waals surface area contributed by atoms with E-state index in [1.54, 1.807) is 0 Å². The molecule has 1 fully saturated rings. The molecule has 0 aromatic rings. The molecule has 102 valence electrons. The topological polar surface area (TPSA) is 0 Å². The Labute approximate surface area is 106 Å². The highest BCUT2D eigenvalue weighted by Crippen LogP contribution is 2.22. The summed E-state index contributed by atoms with van der Waals surface area (Å²) in [7, 11) is 0. The molecular formula is C16H38. The minimum atomic E-state index is 0.583. The van der Waals surface area contributed by atoms with Crippen molar-refractivity contribution in [3.05, 3.63) is 0 Å². The van der Waals surface area contributed by atoms with Crippen LogP contribution in [0.3, 0.4) is 0 Å². The minimum Gasteiger partial charge on any atom is -0.0683 e. The Morgan fingerprint density at radius 3 is 0.875 bits per heavy atom. The van der Waals surface area contributed by atoms with Gasteiger partial charge < -0.3 is 0 Å². The van der Waals surface area contributed by atoms with Crippen molar-refractivity contribution in [1.29, 1.82) is 0 Å². The molecule has 0 heterocycles. The van der Waals surface area contributed by atoms with E-state index >= 15 is 0 Å². The van der Waals surface area contributed by atoms with Crippen LogP contribution in [-0.4, -0.2) is 0 Å². The third-order valence-electron chi connectivity index (χ3n) is 3.16. The molecule has 0 saturated heterocycles. The molecule has 1 aliphatic rings. The predicted molar refractivity (Wildman–Crippen MR) is 80.1 cm³/mol. The summed E-state index contributed by atoms with van der Waals surface area (Å²) in [4.78, 5) is 0. The minimum absolute atomic E-state index is 0.583. The second-order valence-corrected chi connectivity index (χ2v) is 4.64. The first-order valence-corrected chi connectivity index (χ1v) is 7.62. The Hall–Kier alpha value is 0. The second-order valence-electron chi connectivity index (χ2n) is 4.64. The SMILES string of the molecule is C1CCCC1.CC.CC.CCC(C)(C)CC. The number of hydrogen-bond acceptors (Lipinski definition) is 0. The summed E-state index contributed by atoms with van der Waals surface area (Å²) >= 11 is 0. The van der Waals surface area contributed by atoms with Gasteiger partial charge in [-0.2, -0.15) is 0 Å². The van der Waals surface area contributed by atoms with Crippen molar-refractivity contribution in [2.24, 2.45) is 5.41 Å². The zero-order chi connectivity index (χ0) is 13.4. The summed E-state index contributed by atoms with van der Waals surface area (Å²) in [6, 6.07) is 0. The molecule has 0 heteroatoms. The van der Waals surface area contributed by atoms with E-state index in [4.69, 9.17) is 0 Å². The Kier molecular flexibility index (Phi) is 23.2. The predicted octanol–water partition coefficient (Wildman–Crippen LogP) is 6.84. The van der Waals surface area contributed by atoms with Crippen LogP contribution in [0.5, 0.6) is 0 Å². The maximum absolute atomic E-state index is 2.30. The lowest BCUT2D eigenvalue weighted by molar-refractivity contribution is 0.338. The van der Waals surface area contributed by atoms with Gasteiger partial charge in [-0.05, 0) is 5.41 Å². The fourth-order valence-corrected chi connectivity index (χ4v) is 1.13. The monoisotopic (exact) mass is 230 g/mol. The maximum Gasteiger partial charge on any atom is -0.0359 e. The maximum atomic E-state index is 2.30. The van der Waals surface area contributed by atoms with Crippen LogP contribution in [0.1, 0.15) is 100 Å². The van der Waals surface area contributed by atoms with Crippen LogP contribution in [0.15, 0.2) is 0 Å². The fourth-order valence-electron chi connectivity index (χ4n) is 1.13. The number of hydrogen-bond donors (Lipinski definition) is 0. The molecule has 0 aromatic heterocycles. The van der Waals surface area contributed by atoms with Crippen molar-refractivity contribution < 1.29 is 0 Å². The molecular weight excluding hydrogens is 192 g/mol. The van der Waals surface area contributed by atoms with Crippen molar-refractivity contribution in [3.63, 3.8) is 0 Å². The van der Waals surface area contributed by atoms with Crippen molar-refractivity contribution in [2.45, 2.75) is 100 Å². The van der Waals surface area contributed by atoms with Crippen molar-refractivity contribution in [3.8, 4) is 0 Å². The fraction of sp³-hybridized carbons (Fsp3) is 1.00. The lowest BCUT2D eigenvalue weighted by atomic mass is 9.88. The van der Waals surface area contributed by atoms with Crippen LogP contribution in [0.2, 0.25) is 0 Å². The van der Waals surface area contributed by atoms with Gasteiger partial charge in [-0.3, -0.25) is 0 Å². The van der Waals surface area contributed by atoms with Gasteiger partial charge in [-0.1, -0.05) is 100 Å². The molecule has 0 N–H and O–H groups in total. The van der Waals surface area contributed by atoms with Gasteiger partial charge in [0.1, 0.15) is 0 Å². The molecule has 0 unspecified atom stereocenters. The van der Waals surface area contributed by atoms with E-state index < -0.39 is 0 Å². The van der Waals surface area contributed by atoms with Gasteiger partial charge in [0.25, 0.3) is 0 Å². The van der Waals surface area contributed by atoms with E-state index in [9.17, 15) is 0 Å². The highest BCUT2D eigenvalue weighted by atomic mass is 14.1. The van der Waals surface area contributed by atoms with Gasteiger partial charge in [0.05, 0.1) is 0 Å². The van der Waals surface area contributed by atoms with Crippen LogP contribution < -0.4 is 0 Å². The van der Waals surface area contributed by atoms with E-state index in [0.717, 1.165) is 0 Å². The van der Waals surface area contributed by atoms with Crippen LogP contribution in [-0.2, 0) is 0 Å². The average molecular weight is 230 g/mol. The molecule has 0 spiro atoms. The van der Waals surface area contributed by atoms with Gasteiger partial charge in [-0.25, -0.2) is 0 Å². The molecule has 1 rings (SSSR count). The van der Waals surface area contributed by atoms with Gasteiger partial charge in [0, 0.05) is 0 Å². The molecule has 0 aliphatic heterocycles. The van der Waals surface area contributed by atoms with Gasteiger partial charge in [-0.15, -0.1) is 0 Å². The van der Waals surface area contributed by atoms with E-state index in [2.05, 4.69) is 27.7 Å². The van der Waals surface area contributed by atoms with E-state index in [1.807, 2.05) is 27.7 Å². The standard InChI is InChI=1S/C7H16.C5H10.2C2H6/c1-5-7(3,4)6-2;1-2-4-5-3-1;2*1-2/h5-6H2,1-4H3;1-5H2;2*1-2H3. The molecule has 0 radical (unpaired) electrons. The second kappa shape index (κ2) is 17.4. The zero-order valence-corrected chi connectivity index (χ0v) is 13.4. The lowest BCUT2D eigenvalue weighted by Gasteiger charge is -2.18. The van der Waals surface area contributed by atoms with Crippen LogP contribution in [0, 0.1) is 5.41 Å². The average Bonchev–Trinajstić information content (AvgIpc) is 2.93. The third-order valence-corrected chi connectivity index (χ3v) is 3.16. The first kappa shape index (κ1) is 21.3. The lowest BCUT2D eigenvalue weighted by Crippen LogP contribution is -2.05. The third kappa shape index (κ3) is 19.6. The van der Waals surface area contributed by atoms with Crippen molar-refractivity contribution in [1.82, 2.24) is 0 Å². The first-order chi connectivity index (χ1) is 7.62. The molecule has 0 bridgehead atoms. The quantitative estimate of drug-likeness (QED) is 0.487. The Morgan fingerprint density at radius 1 is 0.625 bits per heavy atom. The molecule has 1 saturated carbocycles. The van der Waals surface area contributed by atoms with Crippen molar-refractivity contribution >= 4 is 0 Å². The summed E-state index contributed by atoms with van der Waals surface area (Å²) in [5.74, 6) is 0. The van der Waals surface area contributed by atoms with E-state index in [-0.39, 0.29) is 0 Å². The zero-order valence-electron chi connectivity index (χ0n) is 13.4. The molecule has 1 aliphatic carbocycles. The van der Waals surface area contributed by atoms with E-state index in [1.165, 1.54) is 44.9 Å². The smallest absolute Gasteiger partial charge is 0.0359 e. The molecule has 0 nitrogen and oxygen atoms in total. The van der Waals surface area contributed by atoms with Crippen LogP contribution in [0.4, 0.5) is 0 Å². The molecule has 16 heavy (non-hydrogen) atoms. The summed E-state index contributed by atoms with van der Waals surface area (Å²) in [5, 5.41) is 0. The van der Waals surface area contributed by atoms with Gasteiger partial charge in [0.2, 0.25) is 0 Å². The van der Waals surface area contributed by atoms with Gasteiger partial charge >= 0.3 is 0 Å². The summed E-state index contributed by atoms with van der Waals surface area (Å²) in [5.41, 5.74) is 0.583. The molecule has 0 aromatic carbocycles. The highest BCUT2D eigenvalue weighted by molar-refractivity contribution is 4.61. The van der Waals surface area contributed by atoms with Crippen LogP contribution >= 0.6 is 0 Å². The van der Waals surface area contributed by atoms with Crippen LogP contribution in [0.25, 0.3) is 0 Å². The number of rotatable bonds is 2. The van der Waals surface area contributed by atoms with E-state index in [0.29, 0.717) is 5.41 Å². The Bertz CT molecular complexity index is 74.6. The molecule has 0 amide bonds. The largest absolute Gasteiger partial charge is 0.0683 e. The Morgan fingerprint density at radius 2 is 0.812 bits per heavy atom. The first-order valence-electron chi connectivity index (χ1n) is 7.62. The van der Waals surface area contributed by atoms with Gasteiger partial charge in [0.15, 0.2) is 0 Å². The Balaban J connectivity index is -0.000000164. The summed E-state index contributed by atoms with van der Waals surface area (Å²) in [6.07, 6.45) is 10.1. The summed E-state index contributed by atoms with van der Waals surface area (Å²) < 4.78 is 0. The normalized spacial score (nSPS) is 13.5. The molecule has 0 atom stereocenters.